The second-order valence-electron chi connectivity index (χ2n) is 7.60. The molecule has 0 aliphatic carbocycles. The summed E-state index contributed by atoms with van der Waals surface area (Å²) in [4.78, 5) is 27.0. The number of hydrogen-bond acceptors (Lipinski definition) is 3. The van der Waals surface area contributed by atoms with E-state index in [0.717, 1.165) is 17.7 Å². The molecule has 166 valence electrons. The Labute approximate surface area is 179 Å². The van der Waals surface area contributed by atoms with Crippen LogP contribution < -0.4 is 5.32 Å². The minimum absolute atomic E-state index is 0.00656. The van der Waals surface area contributed by atoms with Gasteiger partial charge in [-0.1, -0.05) is 42.5 Å². The van der Waals surface area contributed by atoms with Crippen molar-refractivity contribution in [2.24, 2.45) is 5.92 Å². The monoisotopic (exact) mass is 434 g/mol. The van der Waals surface area contributed by atoms with E-state index in [-0.39, 0.29) is 37.6 Å². The van der Waals surface area contributed by atoms with Gasteiger partial charge in [-0.2, -0.15) is 13.2 Å². The molecule has 3 rings (SSSR count). The van der Waals surface area contributed by atoms with Crippen molar-refractivity contribution in [3.63, 3.8) is 0 Å². The van der Waals surface area contributed by atoms with Crippen LogP contribution in [-0.4, -0.2) is 37.0 Å². The lowest BCUT2D eigenvalue weighted by atomic mass is 9.88. The van der Waals surface area contributed by atoms with Gasteiger partial charge in [0, 0.05) is 20.2 Å². The van der Waals surface area contributed by atoms with Crippen LogP contribution in [0.5, 0.6) is 0 Å². The highest BCUT2D eigenvalue weighted by atomic mass is 19.4. The Hall–Kier alpha value is -2.87. The third kappa shape index (κ3) is 5.85. The Morgan fingerprint density at radius 2 is 1.84 bits per heavy atom. The highest BCUT2D eigenvalue weighted by Gasteiger charge is 2.35. The van der Waals surface area contributed by atoms with Crippen molar-refractivity contribution in [2.45, 2.75) is 31.6 Å². The third-order valence-electron chi connectivity index (χ3n) is 5.45. The summed E-state index contributed by atoms with van der Waals surface area (Å²) in [5.74, 6) is -0.919. The van der Waals surface area contributed by atoms with E-state index in [9.17, 15) is 22.8 Å². The zero-order valence-electron chi connectivity index (χ0n) is 17.2. The number of carbonyl (C=O) groups excluding carboxylic acids is 2. The van der Waals surface area contributed by atoms with Crippen molar-refractivity contribution in [1.29, 1.82) is 0 Å². The van der Waals surface area contributed by atoms with Crippen molar-refractivity contribution in [3.05, 3.63) is 71.3 Å². The molecule has 1 heterocycles. The number of methoxy groups -OCH3 is 1. The number of rotatable bonds is 6. The molecule has 2 aromatic carbocycles. The van der Waals surface area contributed by atoms with Crippen LogP contribution in [0.1, 0.15) is 35.6 Å². The molecule has 2 atom stereocenters. The van der Waals surface area contributed by atoms with Crippen molar-refractivity contribution in [2.75, 3.05) is 20.3 Å². The van der Waals surface area contributed by atoms with Crippen LogP contribution in [0.15, 0.2) is 54.6 Å². The maximum Gasteiger partial charge on any atom is 0.416 e. The first-order valence-corrected chi connectivity index (χ1v) is 10.1. The van der Waals surface area contributed by atoms with Crippen molar-refractivity contribution >= 4 is 11.8 Å². The number of piperidine rings is 1. The van der Waals surface area contributed by atoms with E-state index in [4.69, 9.17) is 4.74 Å². The van der Waals surface area contributed by atoms with Gasteiger partial charge >= 0.3 is 6.18 Å². The highest BCUT2D eigenvalue weighted by Crippen LogP contribution is 2.34. The molecule has 0 aromatic heterocycles. The molecule has 0 bridgehead atoms. The molecule has 8 heteroatoms. The molecule has 1 fully saturated rings. The topological polar surface area (TPSA) is 58.6 Å². The lowest BCUT2D eigenvalue weighted by molar-refractivity contribution is -0.142. The average Bonchev–Trinajstić information content (AvgIpc) is 2.77. The number of carbonyl (C=O) groups is 2. The predicted octanol–water partition coefficient (Wildman–Crippen LogP) is 3.95. The molecule has 31 heavy (non-hydrogen) atoms. The Kier molecular flexibility index (Phi) is 7.33. The van der Waals surface area contributed by atoms with Crippen LogP contribution >= 0.6 is 0 Å². The SMILES string of the molecule is COCC(=O)N1CC(C(=O)NCc2cccc(C(F)(F)F)c2)CCC1c1ccccc1. The molecule has 2 aromatic rings. The molecule has 0 radical (unpaired) electrons. The van der Waals surface area contributed by atoms with Gasteiger partial charge in [-0.3, -0.25) is 9.59 Å². The standard InChI is InChI=1S/C23H25F3N2O3/c1-31-15-21(29)28-14-18(10-11-20(28)17-7-3-2-4-8-17)22(30)27-13-16-6-5-9-19(12-16)23(24,25)26/h2-9,12,18,20H,10-11,13-15H2,1H3,(H,27,30). The number of ether oxygens (including phenoxy) is 1. The summed E-state index contributed by atoms with van der Waals surface area (Å²) in [6.45, 7) is 0.144. The summed E-state index contributed by atoms with van der Waals surface area (Å²) >= 11 is 0. The molecule has 5 nitrogen and oxygen atoms in total. The molecular formula is C23H25F3N2O3. The van der Waals surface area contributed by atoms with E-state index in [1.54, 1.807) is 4.90 Å². The first kappa shape index (κ1) is 22.8. The zero-order chi connectivity index (χ0) is 22.4. The fourth-order valence-electron chi connectivity index (χ4n) is 3.88. The number of nitrogens with zero attached hydrogens (tertiary/aromatic N) is 1. The predicted molar refractivity (Wildman–Crippen MR) is 109 cm³/mol. The molecule has 1 aliphatic heterocycles. The van der Waals surface area contributed by atoms with E-state index in [0.29, 0.717) is 18.4 Å². The van der Waals surface area contributed by atoms with Crippen LogP contribution in [0, 0.1) is 5.92 Å². The fraction of sp³-hybridized carbons (Fsp3) is 0.391. The maximum absolute atomic E-state index is 12.9. The second-order valence-corrected chi connectivity index (χ2v) is 7.60. The normalized spacial score (nSPS) is 19.2. The van der Waals surface area contributed by atoms with E-state index >= 15 is 0 Å². The van der Waals surface area contributed by atoms with Crippen LogP contribution in [-0.2, 0) is 27.0 Å². The molecule has 2 amide bonds. The molecular weight excluding hydrogens is 409 g/mol. The van der Waals surface area contributed by atoms with Gasteiger partial charge in [0.05, 0.1) is 17.5 Å². The van der Waals surface area contributed by atoms with E-state index in [1.807, 2.05) is 30.3 Å². The first-order chi connectivity index (χ1) is 14.8. The number of benzene rings is 2. The van der Waals surface area contributed by atoms with Gasteiger partial charge in [0.25, 0.3) is 0 Å². The molecule has 0 spiro atoms. The van der Waals surface area contributed by atoms with Gasteiger partial charge in [-0.05, 0) is 36.1 Å². The van der Waals surface area contributed by atoms with Gasteiger partial charge in [0.1, 0.15) is 6.61 Å². The van der Waals surface area contributed by atoms with Gasteiger partial charge < -0.3 is 15.0 Å². The Morgan fingerprint density at radius 1 is 1.10 bits per heavy atom. The van der Waals surface area contributed by atoms with E-state index in [2.05, 4.69) is 5.32 Å². The van der Waals surface area contributed by atoms with Crippen LogP contribution in [0.4, 0.5) is 13.2 Å². The quantitative estimate of drug-likeness (QED) is 0.749. The summed E-state index contributed by atoms with van der Waals surface area (Å²) in [5, 5.41) is 2.72. The van der Waals surface area contributed by atoms with E-state index < -0.39 is 17.7 Å². The van der Waals surface area contributed by atoms with Gasteiger partial charge in [0.15, 0.2) is 0 Å². The lowest BCUT2D eigenvalue weighted by Gasteiger charge is -2.39. The molecule has 1 aliphatic rings. The molecule has 1 N–H and O–H groups in total. The fourth-order valence-corrected chi connectivity index (χ4v) is 3.88. The smallest absolute Gasteiger partial charge is 0.375 e. The Balaban J connectivity index is 1.66. The maximum atomic E-state index is 12.9. The number of alkyl halides is 3. The van der Waals surface area contributed by atoms with Gasteiger partial charge in [-0.25, -0.2) is 0 Å². The minimum Gasteiger partial charge on any atom is -0.375 e. The Morgan fingerprint density at radius 3 is 2.52 bits per heavy atom. The molecule has 2 unspecified atom stereocenters. The second kappa shape index (κ2) is 9.96. The van der Waals surface area contributed by atoms with Crippen molar-refractivity contribution < 1.29 is 27.5 Å². The van der Waals surface area contributed by atoms with E-state index in [1.165, 1.54) is 19.2 Å². The minimum atomic E-state index is -4.43. The van der Waals surface area contributed by atoms with Crippen molar-refractivity contribution in [1.82, 2.24) is 10.2 Å². The first-order valence-electron chi connectivity index (χ1n) is 10.1. The highest BCUT2D eigenvalue weighted by molar-refractivity contribution is 5.82. The summed E-state index contributed by atoms with van der Waals surface area (Å²) in [5.41, 5.74) is 0.613. The largest absolute Gasteiger partial charge is 0.416 e. The molecule has 1 saturated heterocycles. The summed E-state index contributed by atoms with van der Waals surface area (Å²) in [6.07, 6.45) is -3.25. The number of halogens is 3. The summed E-state index contributed by atoms with van der Waals surface area (Å²) in [6, 6.07) is 14.4. The van der Waals surface area contributed by atoms with Gasteiger partial charge in [0.2, 0.25) is 11.8 Å². The number of nitrogens with one attached hydrogen (secondary N) is 1. The average molecular weight is 434 g/mol. The zero-order valence-corrected chi connectivity index (χ0v) is 17.2. The summed E-state index contributed by atoms with van der Waals surface area (Å²) < 4.78 is 43.6. The number of likely N-dealkylation sites (tertiary alicyclic amines) is 1. The lowest BCUT2D eigenvalue weighted by Crippen LogP contribution is -2.47. The third-order valence-corrected chi connectivity index (χ3v) is 5.45. The molecule has 0 saturated carbocycles. The van der Waals surface area contributed by atoms with Crippen LogP contribution in [0.3, 0.4) is 0 Å². The van der Waals surface area contributed by atoms with Gasteiger partial charge in [-0.15, -0.1) is 0 Å². The van der Waals surface area contributed by atoms with Crippen molar-refractivity contribution in [3.8, 4) is 0 Å². The Bertz CT molecular complexity index is 902. The number of amides is 2. The summed E-state index contributed by atoms with van der Waals surface area (Å²) in [7, 11) is 1.44. The number of hydrogen-bond donors (Lipinski definition) is 1. The van der Waals surface area contributed by atoms with Crippen LogP contribution in [0.25, 0.3) is 0 Å². The van der Waals surface area contributed by atoms with Crippen LogP contribution in [0.2, 0.25) is 0 Å².